The van der Waals surface area contributed by atoms with Gasteiger partial charge in [0.1, 0.15) is 5.56 Å². The highest BCUT2D eigenvalue weighted by molar-refractivity contribution is 5.92. The number of nitrogens with one attached hydrogen (secondary N) is 1. The quantitative estimate of drug-likeness (QED) is 0.751. The van der Waals surface area contributed by atoms with E-state index < -0.39 is 11.4 Å². The fraction of sp³-hybridized carbons (Fsp3) is 0.474. The Morgan fingerprint density at radius 3 is 2.96 bits per heavy atom. The highest BCUT2D eigenvalue weighted by Crippen LogP contribution is 2.16. The number of carboxylic acids is 1. The van der Waals surface area contributed by atoms with E-state index in [1.54, 1.807) is 4.57 Å². The summed E-state index contributed by atoms with van der Waals surface area (Å²) in [6.45, 7) is 5.17. The van der Waals surface area contributed by atoms with Crippen molar-refractivity contribution in [3.05, 3.63) is 45.7 Å². The summed E-state index contributed by atoms with van der Waals surface area (Å²) in [5.74, 6) is -1.18. The van der Waals surface area contributed by atoms with Gasteiger partial charge >= 0.3 is 5.97 Å². The monoisotopic (exact) mass is 344 g/mol. The zero-order chi connectivity index (χ0) is 17.8. The number of ether oxygens (including phenoxy) is 1. The molecule has 2 aromatic rings. The third kappa shape index (κ3) is 3.91. The second kappa shape index (κ2) is 7.80. The summed E-state index contributed by atoms with van der Waals surface area (Å²) in [5.41, 5.74) is 1.21. The van der Waals surface area contributed by atoms with Gasteiger partial charge in [0, 0.05) is 31.3 Å². The molecule has 1 aliphatic heterocycles. The van der Waals surface area contributed by atoms with Gasteiger partial charge in [0.15, 0.2) is 0 Å². The number of aromatic nitrogens is 1. The number of hydrogen-bond donors (Lipinski definition) is 2. The van der Waals surface area contributed by atoms with Gasteiger partial charge < -0.3 is 19.7 Å². The Bertz CT molecular complexity index is 822. The van der Waals surface area contributed by atoms with Crippen LogP contribution in [0.2, 0.25) is 0 Å². The predicted octanol–water partition coefficient (Wildman–Crippen LogP) is 2.03. The molecule has 1 aromatic carbocycles. The van der Waals surface area contributed by atoms with Crippen molar-refractivity contribution in [2.45, 2.75) is 38.8 Å². The van der Waals surface area contributed by atoms with Gasteiger partial charge in [-0.2, -0.15) is 0 Å². The van der Waals surface area contributed by atoms with Crippen molar-refractivity contribution in [2.24, 2.45) is 0 Å². The molecule has 25 heavy (non-hydrogen) atoms. The van der Waals surface area contributed by atoms with Crippen LogP contribution in [0.4, 0.5) is 0 Å². The van der Waals surface area contributed by atoms with Crippen molar-refractivity contribution in [3.8, 4) is 0 Å². The Labute approximate surface area is 146 Å². The average Bonchev–Trinajstić information content (AvgIpc) is 3.12. The zero-order valence-corrected chi connectivity index (χ0v) is 14.5. The summed E-state index contributed by atoms with van der Waals surface area (Å²) in [5, 5.41) is 13.0. The van der Waals surface area contributed by atoms with E-state index in [0.29, 0.717) is 24.6 Å². The maximum atomic E-state index is 12.5. The smallest absolute Gasteiger partial charge is 0.341 e. The fourth-order valence-electron chi connectivity index (χ4n) is 3.31. The molecule has 1 unspecified atom stereocenters. The second-order valence-corrected chi connectivity index (χ2v) is 6.40. The number of aromatic carboxylic acids is 1. The average molecular weight is 344 g/mol. The summed E-state index contributed by atoms with van der Waals surface area (Å²) < 4.78 is 7.62. The van der Waals surface area contributed by atoms with Gasteiger partial charge in [0.25, 0.3) is 0 Å². The lowest BCUT2D eigenvalue weighted by molar-refractivity contribution is 0.0655. The van der Waals surface area contributed by atoms with Gasteiger partial charge in [-0.1, -0.05) is 6.07 Å². The minimum absolute atomic E-state index is 0.177. The number of benzene rings is 1. The fourth-order valence-corrected chi connectivity index (χ4v) is 3.31. The molecule has 6 heteroatoms. The van der Waals surface area contributed by atoms with Crippen LogP contribution in [0.5, 0.6) is 0 Å². The number of pyridine rings is 1. The van der Waals surface area contributed by atoms with E-state index >= 15 is 0 Å². The van der Waals surface area contributed by atoms with E-state index in [1.165, 1.54) is 6.20 Å². The van der Waals surface area contributed by atoms with Crippen LogP contribution in [0, 0.1) is 0 Å². The maximum absolute atomic E-state index is 12.5. The molecular formula is C19H24N2O4. The van der Waals surface area contributed by atoms with Crippen molar-refractivity contribution in [1.29, 1.82) is 0 Å². The van der Waals surface area contributed by atoms with Crippen LogP contribution in [0.25, 0.3) is 10.9 Å². The first-order chi connectivity index (χ1) is 12.1. The van der Waals surface area contributed by atoms with E-state index in [-0.39, 0.29) is 5.56 Å². The van der Waals surface area contributed by atoms with Gasteiger partial charge in [0.05, 0.1) is 11.6 Å². The normalized spacial score (nSPS) is 17.2. The molecule has 1 atom stereocenters. The van der Waals surface area contributed by atoms with E-state index in [1.807, 2.05) is 25.1 Å². The first kappa shape index (κ1) is 17.6. The largest absolute Gasteiger partial charge is 0.477 e. The minimum Gasteiger partial charge on any atom is -0.477 e. The lowest BCUT2D eigenvalue weighted by Crippen LogP contribution is -2.19. The van der Waals surface area contributed by atoms with Crippen molar-refractivity contribution in [2.75, 3.05) is 19.7 Å². The number of rotatable bonds is 7. The van der Waals surface area contributed by atoms with Gasteiger partial charge in [-0.3, -0.25) is 4.79 Å². The topological polar surface area (TPSA) is 80.6 Å². The Hall–Kier alpha value is -2.18. The highest BCUT2D eigenvalue weighted by atomic mass is 16.5. The Kier molecular flexibility index (Phi) is 5.50. The third-order valence-electron chi connectivity index (χ3n) is 4.69. The molecule has 0 bridgehead atoms. The molecule has 3 rings (SSSR count). The SMILES string of the molecule is CCn1cc(C(=O)O)c(=O)c2cc(CCCOC3CCNC3)ccc21. The zero-order valence-electron chi connectivity index (χ0n) is 14.5. The summed E-state index contributed by atoms with van der Waals surface area (Å²) in [7, 11) is 0. The Morgan fingerprint density at radius 1 is 1.44 bits per heavy atom. The van der Waals surface area contributed by atoms with Crippen molar-refractivity contribution < 1.29 is 14.6 Å². The Balaban J connectivity index is 1.77. The molecule has 1 aromatic heterocycles. The van der Waals surface area contributed by atoms with Crippen LogP contribution in [-0.2, 0) is 17.7 Å². The molecule has 1 fully saturated rings. The van der Waals surface area contributed by atoms with Gasteiger partial charge in [-0.05, 0) is 50.4 Å². The number of carbonyl (C=O) groups is 1. The summed E-state index contributed by atoms with van der Waals surface area (Å²) in [4.78, 5) is 23.8. The molecule has 0 spiro atoms. The first-order valence-electron chi connectivity index (χ1n) is 8.82. The summed E-state index contributed by atoms with van der Waals surface area (Å²) in [6, 6.07) is 5.74. The number of fused-ring (bicyclic) bond motifs is 1. The number of carboxylic acid groups (broad SMARTS) is 1. The summed E-state index contributed by atoms with van der Waals surface area (Å²) >= 11 is 0. The highest BCUT2D eigenvalue weighted by Gasteiger charge is 2.15. The van der Waals surface area contributed by atoms with Crippen LogP contribution in [0.3, 0.4) is 0 Å². The number of nitrogens with zero attached hydrogens (tertiary/aromatic N) is 1. The minimum atomic E-state index is -1.18. The van der Waals surface area contributed by atoms with Crippen LogP contribution >= 0.6 is 0 Å². The van der Waals surface area contributed by atoms with Crippen molar-refractivity contribution in [1.82, 2.24) is 9.88 Å². The van der Waals surface area contributed by atoms with Gasteiger partial charge in [0.2, 0.25) is 5.43 Å². The Morgan fingerprint density at radius 2 is 2.28 bits per heavy atom. The van der Waals surface area contributed by atoms with E-state index in [9.17, 15) is 14.7 Å². The van der Waals surface area contributed by atoms with E-state index in [0.717, 1.165) is 43.4 Å². The molecule has 0 aliphatic carbocycles. The molecule has 2 N–H and O–H groups in total. The van der Waals surface area contributed by atoms with Crippen LogP contribution in [0.15, 0.2) is 29.2 Å². The molecular weight excluding hydrogens is 320 g/mol. The van der Waals surface area contributed by atoms with Gasteiger partial charge in [-0.25, -0.2) is 4.79 Å². The molecule has 134 valence electrons. The lowest BCUT2D eigenvalue weighted by Gasteiger charge is -2.12. The maximum Gasteiger partial charge on any atom is 0.341 e. The van der Waals surface area contributed by atoms with E-state index in [2.05, 4.69) is 5.32 Å². The lowest BCUT2D eigenvalue weighted by atomic mass is 10.0. The first-order valence-corrected chi connectivity index (χ1v) is 8.82. The van der Waals surface area contributed by atoms with Crippen molar-refractivity contribution in [3.63, 3.8) is 0 Å². The molecule has 0 amide bonds. The molecule has 0 radical (unpaired) electrons. The number of hydrogen-bond acceptors (Lipinski definition) is 4. The van der Waals surface area contributed by atoms with Crippen LogP contribution in [-0.4, -0.2) is 41.4 Å². The number of aryl methyl sites for hydroxylation is 2. The molecule has 2 heterocycles. The standard InChI is InChI=1S/C19H24N2O4/c1-2-21-12-16(19(23)24)18(22)15-10-13(5-6-17(15)21)4-3-9-25-14-7-8-20-11-14/h5-6,10,12,14,20H,2-4,7-9,11H2,1H3,(H,23,24). The van der Waals surface area contributed by atoms with Crippen molar-refractivity contribution >= 4 is 16.9 Å². The molecule has 0 saturated carbocycles. The summed E-state index contributed by atoms with van der Waals surface area (Å²) in [6.07, 6.45) is 4.48. The predicted molar refractivity (Wildman–Crippen MR) is 96.4 cm³/mol. The molecule has 1 saturated heterocycles. The van der Waals surface area contributed by atoms with Crippen LogP contribution < -0.4 is 10.7 Å². The van der Waals surface area contributed by atoms with E-state index in [4.69, 9.17) is 4.74 Å². The van der Waals surface area contributed by atoms with Gasteiger partial charge in [-0.15, -0.1) is 0 Å². The molecule has 6 nitrogen and oxygen atoms in total. The van der Waals surface area contributed by atoms with Crippen LogP contribution in [0.1, 0.15) is 35.7 Å². The molecule has 1 aliphatic rings. The third-order valence-corrected chi connectivity index (χ3v) is 4.69. The second-order valence-electron chi connectivity index (χ2n) is 6.40.